The summed E-state index contributed by atoms with van der Waals surface area (Å²) in [6, 6.07) is 4.01. The van der Waals surface area contributed by atoms with Crippen molar-refractivity contribution in [2.75, 3.05) is 0 Å². The standard InChI is InChI=1S/C11H14N2OS/c1-3-11(2,8-12)10(14)13-6-9-4-5-15-7-9/h4-5,7H,3,6H2,1-2H3,(H,13,14). The van der Waals surface area contributed by atoms with E-state index in [2.05, 4.69) is 5.32 Å². The van der Waals surface area contributed by atoms with E-state index in [1.807, 2.05) is 29.8 Å². The fraction of sp³-hybridized carbons (Fsp3) is 0.455. The molecule has 0 aliphatic heterocycles. The lowest BCUT2D eigenvalue weighted by atomic mass is 9.88. The van der Waals surface area contributed by atoms with Gasteiger partial charge in [0.1, 0.15) is 5.41 Å². The summed E-state index contributed by atoms with van der Waals surface area (Å²) in [7, 11) is 0. The predicted molar refractivity (Wildman–Crippen MR) is 60.2 cm³/mol. The van der Waals surface area contributed by atoms with E-state index in [1.54, 1.807) is 18.3 Å². The Morgan fingerprint density at radius 3 is 2.93 bits per heavy atom. The molecule has 0 spiro atoms. The van der Waals surface area contributed by atoms with Crippen LogP contribution in [0.25, 0.3) is 0 Å². The zero-order valence-corrected chi connectivity index (χ0v) is 9.73. The third kappa shape index (κ3) is 2.80. The van der Waals surface area contributed by atoms with Gasteiger partial charge in [-0.15, -0.1) is 0 Å². The van der Waals surface area contributed by atoms with Crippen LogP contribution in [0, 0.1) is 16.7 Å². The Balaban J connectivity index is 2.53. The summed E-state index contributed by atoms with van der Waals surface area (Å²) in [5, 5.41) is 15.6. The number of amides is 1. The number of carbonyl (C=O) groups excluding carboxylic acids is 1. The Labute approximate surface area is 93.7 Å². The fourth-order valence-corrected chi connectivity index (χ4v) is 1.73. The molecule has 3 nitrogen and oxygen atoms in total. The molecule has 0 fully saturated rings. The largest absolute Gasteiger partial charge is 0.351 e. The Kier molecular flexibility index (Phi) is 3.87. The third-order valence-corrected chi connectivity index (χ3v) is 3.22. The summed E-state index contributed by atoms with van der Waals surface area (Å²) in [5.74, 6) is -0.196. The average molecular weight is 222 g/mol. The SMILES string of the molecule is CCC(C)(C#N)C(=O)NCc1ccsc1. The molecule has 0 radical (unpaired) electrons. The summed E-state index contributed by atoms with van der Waals surface area (Å²) < 4.78 is 0. The van der Waals surface area contributed by atoms with E-state index in [-0.39, 0.29) is 5.91 Å². The van der Waals surface area contributed by atoms with Crippen molar-refractivity contribution in [1.82, 2.24) is 5.32 Å². The fourth-order valence-electron chi connectivity index (χ4n) is 1.06. The minimum Gasteiger partial charge on any atom is -0.351 e. The van der Waals surface area contributed by atoms with Crippen molar-refractivity contribution in [1.29, 1.82) is 5.26 Å². The summed E-state index contributed by atoms with van der Waals surface area (Å²) in [4.78, 5) is 11.7. The van der Waals surface area contributed by atoms with E-state index < -0.39 is 5.41 Å². The molecule has 4 heteroatoms. The highest BCUT2D eigenvalue weighted by molar-refractivity contribution is 7.07. The van der Waals surface area contributed by atoms with Gasteiger partial charge in [-0.3, -0.25) is 4.79 Å². The van der Waals surface area contributed by atoms with Crippen LogP contribution < -0.4 is 5.32 Å². The molecule has 1 aromatic heterocycles. The van der Waals surface area contributed by atoms with Crippen molar-refractivity contribution in [2.45, 2.75) is 26.8 Å². The van der Waals surface area contributed by atoms with Crippen LogP contribution in [0.15, 0.2) is 16.8 Å². The Bertz CT molecular complexity index is 366. The maximum absolute atomic E-state index is 11.7. The summed E-state index contributed by atoms with van der Waals surface area (Å²) in [6.45, 7) is 4.00. The van der Waals surface area contributed by atoms with E-state index in [4.69, 9.17) is 5.26 Å². The number of nitrogens with zero attached hydrogens (tertiary/aromatic N) is 1. The maximum Gasteiger partial charge on any atom is 0.240 e. The molecular weight excluding hydrogens is 208 g/mol. The van der Waals surface area contributed by atoms with Crippen LogP contribution in [0.1, 0.15) is 25.8 Å². The van der Waals surface area contributed by atoms with Gasteiger partial charge in [-0.05, 0) is 35.7 Å². The summed E-state index contributed by atoms with van der Waals surface area (Å²) in [6.07, 6.45) is 0.527. The lowest BCUT2D eigenvalue weighted by molar-refractivity contribution is -0.127. The second kappa shape index (κ2) is 4.94. The van der Waals surface area contributed by atoms with Crippen LogP contribution in [-0.2, 0) is 11.3 Å². The first-order valence-corrected chi connectivity index (χ1v) is 5.77. The monoisotopic (exact) mass is 222 g/mol. The van der Waals surface area contributed by atoms with Crippen LogP contribution in [0.3, 0.4) is 0 Å². The van der Waals surface area contributed by atoms with Crippen LogP contribution in [-0.4, -0.2) is 5.91 Å². The molecule has 0 bridgehead atoms. The quantitative estimate of drug-likeness (QED) is 0.849. The van der Waals surface area contributed by atoms with Crippen LogP contribution in [0.4, 0.5) is 0 Å². The zero-order chi connectivity index (χ0) is 11.3. The molecule has 1 aromatic rings. The molecule has 80 valence electrons. The predicted octanol–water partition coefficient (Wildman–Crippen LogP) is 2.30. The zero-order valence-electron chi connectivity index (χ0n) is 8.91. The van der Waals surface area contributed by atoms with Gasteiger partial charge in [-0.1, -0.05) is 6.92 Å². The highest BCUT2D eigenvalue weighted by Gasteiger charge is 2.30. The third-order valence-electron chi connectivity index (χ3n) is 2.49. The number of nitrogens with one attached hydrogen (secondary N) is 1. The van der Waals surface area contributed by atoms with Crippen molar-refractivity contribution in [3.05, 3.63) is 22.4 Å². The molecule has 1 unspecified atom stereocenters. The number of carbonyl (C=O) groups is 1. The minimum absolute atomic E-state index is 0.196. The maximum atomic E-state index is 11.7. The summed E-state index contributed by atoms with van der Waals surface area (Å²) in [5.41, 5.74) is 0.167. The average Bonchev–Trinajstić information content (AvgIpc) is 2.77. The van der Waals surface area contributed by atoms with Crippen molar-refractivity contribution < 1.29 is 4.79 Å². The van der Waals surface area contributed by atoms with Gasteiger partial charge >= 0.3 is 0 Å². The molecule has 1 rings (SSSR count). The number of hydrogen-bond acceptors (Lipinski definition) is 3. The van der Waals surface area contributed by atoms with Gasteiger partial charge in [0.05, 0.1) is 6.07 Å². The molecule has 1 N–H and O–H groups in total. The first-order valence-electron chi connectivity index (χ1n) is 4.83. The van der Waals surface area contributed by atoms with Gasteiger partial charge in [0.15, 0.2) is 0 Å². The van der Waals surface area contributed by atoms with Gasteiger partial charge in [0.2, 0.25) is 5.91 Å². The lowest BCUT2D eigenvalue weighted by Crippen LogP contribution is -2.37. The molecule has 0 aliphatic carbocycles. The summed E-state index contributed by atoms with van der Waals surface area (Å²) >= 11 is 1.59. The molecule has 15 heavy (non-hydrogen) atoms. The minimum atomic E-state index is -0.907. The van der Waals surface area contributed by atoms with E-state index >= 15 is 0 Å². The van der Waals surface area contributed by atoms with Gasteiger partial charge in [0, 0.05) is 6.54 Å². The molecular formula is C11H14N2OS. The number of nitriles is 1. The second-order valence-corrected chi connectivity index (χ2v) is 4.39. The number of hydrogen-bond donors (Lipinski definition) is 1. The topological polar surface area (TPSA) is 52.9 Å². The highest BCUT2D eigenvalue weighted by atomic mass is 32.1. The van der Waals surface area contributed by atoms with Gasteiger partial charge in [0.25, 0.3) is 0 Å². The normalized spacial score (nSPS) is 13.9. The number of thiophene rings is 1. The molecule has 0 aromatic carbocycles. The van der Waals surface area contributed by atoms with Crippen molar-refractivity contribution in [3.63, 3.8) is 0 Å². The van der Waals surface area contributed by atoms with Crippen LogP contribution in [0.2, 0.25) is 0 Å². The molecule has 1 atom stereocenters. The Morgan fingerprint density at radius 2 is 2.47 bits per heavy atom. The van der Waals surface area contributed by atoms with Crippen molar-refractivity contribution in [2.24, 2.45) is 5.41 Å². The first kappa shape index (κ1) is 11.7. The molecule has 1 amide bonds. The smallest absolute Gasteiger partial charge is 0.240 e. The van der Waals surface area contributed by atoms with E-state index in [1.165, 1.54) is 0 Å². The Morgan fingerprint density at radius 1 is 1.73 bits per heavy atom. The highest BCUT2D eigenvalue weighted by Crippen LogP contribution is 2.19. The Hall–Kier alpha value is -1.34. The molecule has 0 saturated carbocycles. The molecule has 1 heterocycles. The lowest BCUT2D eigenvalue weighted by Gasteiger charge is -2.18. The van der Waals surface area contributed by atoms with E-state index in [9.17, 15) is 4.79 Å². The van der Waals surface area contributed by atoms with Gasteiger partial charge in [-0.2, -0.15) is 16.6 Å². The molecule has 0 saturated heterocycles. The van der Waals surface area contributed by atoms with Crippen molar-refractivity contribution >= 4 is 17.2 Å². The second-order valence-electron chi connectivity index (χ2n) is 3.61. The van der Waals surface area contributed by atoms with Gasteiger partial charge in [-0.25, -0.2) is 0 Å². The van der Waals surface area contributed by atoms with Crippen LogP contribution in [0.5, 0.6) is 0 Å². The first-order chi connectivity index (χ1) is 7.12. The number of rotatable bonds is 4. The molecule has 0 aliphatic rings. The van der Waals surface area contributed by atoms with Crippen LogP contribution >= 0.6 is 11.3 Å². The van der Waals surface area contributed by atoms with E-state index in [0.717, 1.165) is 5.56 Å². The van der Waals surface area contributed by atoms with E-state index in [0.29, 0.717) is 13.0 Å². The van der Waals surface area contributed by atoms with Crippen molar-refractivity contribution in [3.8, 4) is 6.07 Å². The van der Waals surface area contributed by atoms with Gasteiger partial charge < -0.3 is 5.32 Å².